The third-order valence-corrected chi connectivity index (χ3v) is 8.95. The summed E-state index contributed by atoms with van der Waals surface area (Å²) in [5.41, 5.74) is 8.96. The first kappa shape index (κ1) is 23.5. The number of hydrogen-bond acceptors (Lipinski definition) is 2. The van der Waals surface area contributed by atoms with Gasteiger partial charge in [-0.1, -0.05) is 42.5 Å². The molecule has 1 aliphatic heterocycles. The fraction of sp³-hybridized carbons (Fsp3) is 0.567. The van der Waals surface area contributed by atoms with Gasteiger partial charge in [0, 0.05) is 25.0 Å². The Morgan fingerprint density at radius 3 is 2.32 bits per heavy atom. The van der Waals surface area contributed by atoms with E-state index < -0.39 is 0 Å². The molecule has 182 valence electrons. The molecule has 3 fully saturated rings. The molecule has 1 unspecified atom stereocenters. The van der Waals surface area contributed by atoms with E-state index in [4.69, 9.17) is 5.73 Å². The van der Waals surface area contributed by atoms with Crippen molar-refractivity contribution in [3.8, 4) is 0 Å². The Bertz CT molecular complexity index is 944. The first-order chi connectivity index (χ1) is 16.5. The number of halogens is 1. The summed E-state index contributed by atoms with van der Waals surface area (Å²) in [7, 11) is 0. The van der Waals surface area contributed by atoms with Crippen molar-refractivity contribution in [3.05, 3.63) is 71.5 Å². The van der Waals surface area contributed by atoms with Crippen LogP contribution in [0.5, 0.6) is 0 Å². The molecule has 2 aliphatic carbocycles. The van der Waals surface area contributed by atoms with Crippen molar-refractivity contribution < 1.29 is 9.18 Å². The minimum atomic E-state index is -0.172. The number of amides is 1. The Morgan fingerprint density at radius 1 is 0.971 bits per heavy atom. The average molecular weight is 463 g/mol. The van der Waals surface area contributed by atoms with E-state index in [-0.39, 0.29) is 23.2 Å². The van der Waals surface area contributed by atoms with Gasteiger partial charge in [0.2, 0.25) is 5.91 Å². The number of likely N-dealkylation sites (tertiary alicyclic amines) is 1. The molecule has 2 saturated carbocycles. The quantitative estimate of drug-likeness (QED) is 0.542. The van der Waals surface area contributed by atoms with E-state index in [1.54, 1.807) is 12.1 Å². The van der Waals surface area contributed by atoms with Crippen LogP contribution in [0.2, 0.25) is 0 Å². The Morgan fingerprint density at radius 2 is 1.65 bits per heavy atom. The first-order valence-electron chi connectivity index (χ1n) is 13.4. The number of benzene rings is 2. The van der Waals surface area contributed by atoms with Crippen molar-refractivity contribution in [2.45, 2.75) is 76.2 Å². The minimum Gasteiger partial charge on any atom is -0.342 e. The average Bonchev–Trinajstić information content (AvgIpc) is 3.65. The monoisotopic (exact) mass is 462 g/mol. The smallest absolute Gasteiger partial charge is 0.225 e. The molecule has 0 bridgehead atoms. The molecule has 4 heteroatoms. The summed E-state index contributed by atoms with van der Waals surface area (Å²) in [4.78, 5) is 15.3. The van der Waals surface area contributed by atoms with Crippen LogP contribution in [0.4, 0.5) is 4.39 Å². The molecule has 34 heavy (non-hydrogen) atoms. The number of rotatable bonds is 7. The maximum absolute atomic E-state index is 13.5. The highest BCUT2D eigenvalue weighted by Gasteiger charge is 2.42. The molecule has 2 atom stereocenters. The molecule has 0 radical (unpaired) electrons. The normalized spacial score (nSPS) is 28.5. The molecule has 3 nitrogen and oxygen atoms in total. The fourth-order valence-corrected chi connectivity index (χ4v) is 6.54. The lowest BCUT2D eigenvalue weighted by atomic mass is 9.70. The van der Waals surface area contributed by atoms with Crippen LogP contribution in [0.15, 0.2) is 54.6 Å². The predicted octanol–water partition coefficient (Wildman–Crippen LogP) is 6.08. The van der Waals surface area contributed by atoms with Gasteiger partial charge in [0.1, 0.15) is 5.82 Å². The van der Waals surface area contributed by atoms with Crippen molar-refractivity contribution in [3.63, 3.8) is 0 Å². The maximum atomic E-state index is 13.5. The van der Waals surface area contributed by atoms with Crippen LogP contribution in [-0.2, 0) is 11.2 Å². The maximum Gasteiger partial charge on any atom is 0.225 e. The SMILES string of the molecule is NC1CCC(C(=O)N2CCC(CC[C@@H]3CC3c3ccccc3)(Cc3ccc(F)cc3)CC2)CC1. The number of carbonyl (C=O) groups excluding carboxylic acids is 1. The molecule has 3 aliphatic rings. The molecule has 0 spiro atoms. The molecule has 0 aromatic heterocycles. The summed E-state index contributed by atoms with van der Waals surface area (Å²) < 4.78 is 13.5. The summed E-state index contributed by atoms with van der Waals surface area (Å²) >= 11 is 0. The molecule has 2 N–H and O–H groups in total. The van der Waals surface area contributed by atoms with Crippen LogP contribution in [0.1, 0.15) is 74.8 Å². The van der Waals surface area contributed by atoms with E-state index in [0.29, 0.717) is 11.8 Å². The van der Waals surface area contributed by atoms with Gasteiger partial charge in [-0.05, 0) is 105 Å². The molecule has 2 aromatic carbocycles. The summed E-state index contributed by atoms with van der Waals surface area (Å²) in [6, 6.07) is 18.3. The zero-order chi connectivity index (χ0) is 23.5. The van der Waals surface area contributed by atoms with Gasteiger partial charge in [-0.15, -0.1) is 0 Å². The van der Waals surface area contributed by atoms with Gasteiger partial charge < -0.3 is 10.6 Å². The van der Waals surface area contributed by atoms with E-state index in [1.165, 1.54) is 30.4 Å². The third-order valence-electron chi connectivity index (χ3n) is 8.95. The lowest BCUT2D eigenvalue weighted by Crippen LogP contribution is -2.47. The highest BCUT2D eigenvalue weighted by Crippen LogP contribution is 2.52. The van der Waals surface area contributed by atoms with Crippen LogP contribution in [0.3, 0.4) is 0 Å². The van der Waals surface area contributed by atoms with Gasteiger partial charge in [-0.2, -0.15) is 0 Å². The number of nitrogens with zero attached hydrogens (tertiary/aromatic N) is 1. The second-order valence-corrected chi connectivity index (χ2v) is 11.3. The lowest BCUT2D eigenvalue weighted by Gasteiger charge is -2.44. The Balaban J connectivity index is 1.22. The summed E-state index contributed by atoms with van der Waals surface area (Å²) in [5.74, 6) is 1.84. The minimum absolute atomic E-state index is 0.169. The molecule has 1 amide bonds. The summed E-state index contributed by atoms with van der Waals surface area (Å²) in [6.07, 6.45) is 10.6. The second kappa shape index (κ2) is 10.2. The first-order valence-corrected chi connectivity index (χ1v) is 13.4. The van der Waals surface area contributed by atoms with Crippen LogP contribution in [-0.4, -0.2) is 29.9 Å². The fourth-order valence-electron chi connectivity index (χ4n) is 6.54. The highest BCUT2D eigenvalue weighted by molar-refractivity contribution is 5.79. The van der Waals surface area contributed by atoms with Gasteiger partial charge in [0.05, 0.1) is 0 Å². The lowest BCUT2D eigenvalue weighted by molar-refractivity contribution is -0.139. The number of nitrogens with two attached hydrogens (primary N) is 1. The Hall–Kier alpha value is -2.20. The number of hydrogen-bond donors (Lipinski definition) is 1. The topological polar surface area (TPSA) is 46.3 Å². The van der Waals surface area contributed by atoms with Gasteiger partial charge in [0.15, 0.2) is 0 Å². The van der Waals surface area contributed by atoms with Crippen molar-refractivity contribution in [2.75, 3.05) is 13.1 Å². The van der Waals surface area contributed by atoms with E-state index in [0.717, 1.165) is 64.0 Å². The Labute approximate surface area is 203 Å². The largest absolute Gasteiger partial charge is 0.342 e. The molecule has 1 heterocycles. The van der Waals surface area contributed by atoms with Crippen molar-refractivity contribution >= 4 is 5.91 Å². The standard InChI is InChI=1S/C30H39FN2O/c31-26-10-6-22(7-11-26)21-30(15-14-25-20-28(25)23-4-2-1-3-5-23)16-18-33(19-17-30)29(34)24-8-12-27(32)13-9-24/h1-7,10-11,24-25,27-28H,8-9,12-21,32H2/t24?,25-,27?,28?/m1/s1. The van der Waals surface area contributed by atoms with Gasteiger partial charge in [-0.3, -0.25) is 4.79 Å². The van der Waals surface area contributed by atoms with Crippen molar-refractivity contribution in [1.82, 2.24) is 4.90 Å². The Kier molecular flexibility index (Phi) is 7.06. The number of carbonyl (C=O) groups is 1. The van der Waals surface area contributed by atoms with Gasteiger partial charge in [0.25, 0.3) is 0 Å². The molecule has 5 rings (SSSR count). The zero-order valence-corrected chi connectivity index (χ0v) is 20.3. The summed E-state index contributed by atoms with van der Waals surface area (Å²) in [6.45, 7) is 1.71. The summed E-state index contributed by atoms with van der Waals surface area (Å²) in [5, 5.41) is 0. The van der Waals surface area contributed by atoms with Crippen LogP contribution < -0.4 is 5.73 Å². The van der Waals surface area contributed by atoms with Crippen molar-refractivity contribution in [2.24, 2.45) is 23.0 Å². The molecular weight excluding hydrogens is 423 g/mol. The third kappa shape index (κ3) is 5.54. The van der Waals surface area contributed by atoms with Crippen molar-refractivity contribution in [1.29, 1.82) is 0 Å². The highest BCUT2D eigenvalue weighted by atomic mass is 19.1. The van der Waals surface area contributed by atoms with E-state index >= 15 is 0 Å². The van der Waals surface area contributed by atoms with Gasteiger partial charge >= 0.3 is 0 Å². The molecular formula is C30H39FN2O. The number of piperidine rings is 1. The molecule has 2 aromatic rings. The van der Waals surface area contributed by atoms with E-state index in [2.05, 4.69) is 35.2 Å². The predicted molar refractivity (Wildman–Crippen MR) is 135 cm³/mol. The van der Waals surface area contributed by atoms with Crippen LogP contribution in [0, 0.1) is 23.1 Å². The van der Waals surface area contributed by atoms with Crippen LogP contribution in [0.25, 0.3) is 0 Å². The van der Waals surface area contributed by atoms with E-state index in [1.807, 2.05) is 12.1 Å². The zero-order valence-electron chi connectivity index (χ0n) is 20.3. The second-order valence-electron chi connectivity index (χ2n) is 11.3. The van der Waals surface area contributed by atoms with E-state index in [9.17, 15) is 9.18 Å². The van der Waals surface area contributed by atoms with Gasteiger partial charge in [-0.25, -0.2) is 4.39 Å². The van der Waals surface area contributed by atoms with Crippen LogP contribution >= 0.6 is 0 Å². The molecule has 1 saturated heterocycles.